The quantitative estimate of drug-likeness (QED) is 0.675. The summed E-state index contributed by atoms with van der Waals surface area (Å²) in [6.45, 7) is 5.32. The number of amides is 1. The third-order valence-corrected chi connectivity index (χ3v) is 4.58. The van der Waals surface area contributed by atoms with Crippen molar-refractivity contribution < 1.29 is 21.9 Å². The fraction of sp³-hybridized carbons (Fsp3) is 0.381. The van der Waals surface area contributed by atoms with Gasteiger partial charge in [-0.2, -0.15) is 0 Å². The zero-order chi connectivity index (χ0) is 17.3. The lowest BCUT2D eigenvalue weighted by Crippen LogP contribution is -3.00. The lowest BCUT2D eigenvalue weighted by molar-refractivity contribution is -0.121. The van der Waals surface area contributed by atoms with E-state index in [1.807, 2.05) is 60.7 Å². The first kappa shape index (κ1) is 20.4. The van der Waals surface area contributed by atoms with Crippen LogP contribution in [0.15, 0.2) is 60.7 Å². The zero-order valence-electron chi connectivity index (χ0n) is 14.9. The smallest absolute Gasteiger partial charge is 0.232 e. The van der Waals surface area contributed by atoms with Crippen LogP contribution in [-0.4, -0.2) is 50.2 Å². The number of morpholine rings is 1. The van der Waals surface area contributed by atoms with E-state index in [0.29, 0.717) is 6.54 Å². The highest BCUT2D eigenvalue weighted by atomic mass is 35.5. The standard InChI is InChI=1S/C21H26N2O2.ClH/c24-21(22-12-7-13-23-14-16-25-17-15-23)20(18-8-3-1-4-9-18)19-10-5-2-6-11-19;/h1-6,8-11,20H,7,12-17H2,(H,22,24);1H/p-1. The summed E-state index contributed by atoms with van der Waals surface area (Å²) in [5.74, 6) is -0.190. The molecule has 140 valence electrons. The minimum Gasteiger partial charge on any atom is -1.00 e. The average molecular weight is 374 g/mol. The van der Waals surface area contributed by atoms with Crippen molar-refractivity contribution in [2.75, 3.05) is 39.4 Å². The van der Waals surface area contributed by atoms with Crippen LogP contribution in [0.1, 0.15) is 23.5 Å². The molecule has 0 aromatic heterocycles. The number of carbonyl (C=O) groups excluding carboxylic acids is 1. The highest BCUT2D eigenvalue weighted by molar-refractivity contribution is 5.87. The van der Waals surface area contributed by atoms with Crippen molar-refractivity contribution in [3.63, 3.8) is 0 Å². The molecular weight excluding hydrogens is 348 g/mol. The third kappa shape index (κ3) is 5.84. The molecule has 2 aromatic rings. The van der Waals surface area contributed by atoms with Gasteiger partial charge in [-0.05, 0) is 24.1 Å². The Morgan fingerprint density at radius 1 is 0.962 bits per heavy atom. The number of halogens is 1. The Labute approximate surface area is 162 Å². The van der Waals surface area contributed by atoms with Crippen LogP contribution >= 0.6 is 0 Å². The maximum Gasteiger partial charge on any atom is 0.232 e. The van der Waals surface area contributed by atoms with Gasteiger partial charge in [0.25, 0.3) is 0 Å². The second kappa shape index (κ2) is 11.0. The van der Waals surface area contributed by atoms with E-state index in [1.54, 1.807) is 0 Å². The number of hydrogen-bond donors (Lipinski definition) is 1. The molecule has 0 unspecified atom stereocenters. The molecule has 0 bridgehead atoms. The second-order valence-electron chi connectivity index (χ2n) is 6.35. The van der Waals surface area contributed by atoms with Gasteiger partial charge < -0.3 is 22.5 Å². The van der Waals surface area contributed by atoms with E-state index in [2.05, 4.69) is 10.2 Å². The summed E-state index contributed by atoms with van der Waals surface area (Å²) in [7, 11) is 0. The van der Waals surface area contributed by atoms with Crippen molar-refractivity contribution in [1.29, 1.82) is 0 Å². The summed E-state index contributed by atoms with van der Waals surface area (Å²) >= 11 is 0. The molecule has 1 saturated heterocycles. The third-order valence-electron chi connectivity index (χ3n) is 4.58. The Bertz CT molecular complexity index is 606. The molecule has 1 N–H and O–H groups in total. The van der Waals surface area contributed by atoms with Crippen LogP contribution in [-0.2, 0) is 9.53 Å². The molecule has 0 atom stereocenters. The number of rotatable bonds is 7. The van der Waals surface area contributed by atoms with Crippen LogP contribution in [0.5, 0.6) is 0 Å². The molecule has 1 heterocycles. The van der Waals surface area contributed by atoms with Crippen molar-refractivity contribution in [2.24, 2.45) is 0 Å². The summed E-state index contributed by atoms with van der Waals surface area (Å²) in [4.78, 5) is 15.2. The number of hydrogen-bond acceptors (Lipinski definition) is 3. The minimum atomic E-state index is -0.259. The van der Waals surface area contributed by atoms with Gasteiger partial charge in [0.1, 0.15) is 0 Å². The Hall–Kier alpha value is -1.88. The van der Waals surface area contributed by atoms with Gasteiger partial charge in [0.15, 0.2) is 0 Å². The molecule has 1 amide bonds. The molecule has 0 radical (unpaired) electrons. The Morgan fingerprint density at radius 3 is 2.04 bits per heavy atom. The minimum absolute atomic E-state index is 0. The number of benzene rings is 2. The molecule has 1 fully saturated rings. The predicted octanol–water partition coefficient (Wildman–Crippen LogP) is -0.339. The van der Waals surface area contributed by atoms with Gasteiger partial charge in [-0.15, -0.1) is 0 Å². The van der Waals surface area contributed by atoms with Crippen molar-refractivity contribution >= 4 is 5.91 Å². The van der Waals surface area contributed by atoms with E-state index in [1.165, 1.54) is 0 Å². The topological polar surface area (TPSA) is 41.6 Å². The number of nitrogens with zero attached hydrogens (tertiary/aromatic N) is 1. The van der Waals surface area contributed by atoms with Crippen LogP contribution in [0.2, 0.25) is 0 Å². The molecule has 0 saturated carbocycles. The summed E-state index contributed by atoms with van der Waals surface area (Å²) < 4.78 is 5.36. The largest absolute Gasteiger partial charge is 1.00 e. The summed E-state index contributed by atoms with van der Waals surface area (Å²) in [6, 6.07) is 20.0. The van der Waals surface area contributed by atoms with Crippen LogP contribution in [0, 0.1) is 0 Å². The highest BCUT2D eigenvalue weighted by Gasteiger charge is 2.22. The van der Waals surface area contributed by atoms with Crippen molar-refractivity contribution in [3.8, 4) is 0 Å². The first-order valence-corrected chi connectivity index (χ1v) is 9.02. The lowest BCUT2D eigenvalue weighted by atomic mass is 9.90. The molecule has 1 aliphatic rings. The first-order chi connectivity index (χ1) is 12.3. The van der Waals surface area contributed by atoms with E-state index in [-0.39, 0.29) is 24.2 Å². The second-order valence-corrected chi connectivity index (χ2v) is 6.35. The molecule has 0 aliphatic carbocycles. The van der Waals surface area contributed by atoms with Crippen molar-refractivity contribution in [1.82, 2.24) is 10.2 Å². The van der Waals surface area contributed by atoms with Gasteiger partial charge in [-0.25, -0.2) is 0 Å². The molecule has 4 nitrogen and oxygen atoms in total. The van der Waals surface area contributed by atoms with Crippen molar-refractivity contribution in [3.05, 3.63) is 71.8 Å². The fourth-order valence-corrected chi connectivity index (χ4v) is 3.23. The summed E-state index contributed by atoms with van der Waals surface area (Å²) in [5.41, 5.74) is 2.05. The molecule has 26 heavy (non-hydrogen) atoms. The van der Waals surface area contributed by atoms with Gasteiger partial charge in [0.05, 0.1) is 19.1 Å². The Morgan fingerprint density at radius 2 is 1.50 bits per heavy atom. The van der Waals surface area contributed by atoms with E-state index in [9.17, 15) is 4.79 Å². The van der Waals surface area contributed by atoms with Gasteiger partial charge in [0.2, 0.25) is 5.91 Å². The predicted molar refractivity (Wildman–Crippen MR) is 99.6 cm³/mol. The van der Waals surface area contributed by atoms with Crippen LogP contribution in [0.3, 0.4) is 0 Å². The van der Waals surface area contributed by atoms with Gasteiger partial charge >= 0.3 is 0 Å². The number of ether oxygens (including phenoxy) is 1. The van der Waals surface area contributed by atoms with Gasteiger partial charge in [-0.3, -0.25) is 9.69 Å². The van der Waals surface area contributed by atoms with Crippen molar-refractivity contribution in [2.45, 2.75) is 12.3 Å². The first-order valence-electron chi connectivity index (χ1n) is 9.02. The van der Waals surface area contributed by atoms with Gasteiger partial charge in [0, 0.05) is 19.6 Å². The fourth-order valence-electron chi connectivity index (χ4n) is 3.23. The molecular formula is C21H26ClN2O2-. The maximum absolute atomic E-state index is 12.9. The number of nitrogens with one attached hydrogen (secondary N) is 1. The lowest BCUT2D eigenvalue weighted by Gasteiger charge is -2.26. The Kier molecular flexibility index (Phi) is 8.62. The zero-order valence-corrected chi connectivity index (χ0v) is 15.7. The highest BCUT2D eigenvalue weighted by Crippen LogP contribution is 2.24. The average Bonchev–Trinajstić information content (AvgIpc) is 2.68. The molecule has 2 aromatic carbocycles. The van der Waals surface area contributed by atoms with Crippen LogP contribution in [0.4, 0.5) is 0 Å². The van der Waals surface area contributed by atoms with E-state index in [4.69, 9.17) is 4.74 Å². The molecule has 0 spiro atoms. The summed E-state index contributed by atoms with van der Waals surface area (Å²) in [6.07, 6.45) is 0.960. The molecule has 1 aliphatic heterocycles. The normalized spacial score (nSPS) is 14.7. The summed E-state index contributed by atoms with van der Waals surface area (Å²) in [5, 5.41) is 3.12. The molecule has 5 heteroatoms. The SMILES string of the molecule is O=C(NCCCN1CCOCC1)C(c1ccccc1)c1ccccc1.[Cl-]. The van der Waals surface area contributed by atoms with Crippen LogP contribution in [0.25, 0.3) is 0 Å². The molecule has 3 rings (SSSR count). The number of carbonyl (C=O) groups is 1. The maximum atomic E-state index is 12.9. The van der Waals surface area contributed by atoms with E-state index in [0.717, 1.165) is 50.4 Å². The Balaban J connectivity index is 0.00000243. The monoisotopic (exact) mass is 373 g/mol. The van der Waals surface area contributed by atoms with Gasteiger partial charge in [-0.1, -0.05) is 60.7 Å². The van der Waals surface area contributed by atoms with E-state index < -0.39 is 0 Å². The van der Waals surface area contributed by atoms with Crippen LogP contribution < -0.4 is 17.7 Å². The van der Waals surface area contributed by atoms with E-state index >= 15 is 0 Å².